The van der Waals surface area contributed by atoms with E-state index >= 15 is 0 Å². The minimum atomic E-state index is -0.963. The van der Waals surface area contributed by atoms with Crippen LogP contribution in [-0.2, 0) is 9.59 Å². The second-order valence-electron chi connectivity index (χ2n) is 1.68. The number of carbonyl (C=O) groups is 2. The molecule has 0 heterocycles. The number of carboxylic acids is 1. The van der Waals surface area contributed by atoms with Crippen molar-refractivity contribution in [2.45, 2.75) is 26.4 Å². The average molecular weight is 148 g/mol. The minimum Gasteiger partial charge on any atom is -0.481 e. The van der Waals surface area contributed by atoms with E-state index in [0.29, 0.717) is 0 Å². The highest BCUT2D eigenvalue weighted by molar-refractivity contribution is 5.67. The van der Waals surface area contributed by atoms with E-state index < -0.39 is 12.1 Å². The summed E-state index contributed by atoms with van der Waals surface area (Å²) in [5.74, 6) is -0.963. The molecule has 0 saturated carbocycles. The number of hydrogen-bond donors (Lipinski definition) is 2. The van der Waals surface area contributed by atoms with Crippen LogP contribution in [0.3, 0.4) is 0 Å². The van der Waals surface area contributed by atoms with Crippen LogP contribution in [0.1, 0.15) is 20.3 Å². The zero-order chi connectivity index (χ0) is 8.57. The van der Waals surface area contributed by atoms with Gasteiger partial charge in [-0.2, -0.15) is 0 Å². The van der Waals surface area contributed by atoms with Crippen molar-refractivity contribution in [1.82, 2.24) is 0 Å². The van der Waals surface area contributed by atoms with Crippen molar-refractivity contribution < 1.29 is 19.8 Å². The molecule has 0 aromatic carbocycles. The van der Waals surface area contributed by atoms with Gasteiger partial charge in [0.2, 0.25) is 0 Å². The number of hydrogen-bond acceptors (Lipinski definition) is 3. The molecule has 1 atom stereocenters. The van der Waals surface area contributed by atoms with Crippen molar-refractivity contribution >= 4 is 12.3 Å². The van der Waals surface area contributed by atoms with Crippen LogP contribution in [0.5, 0.6) is 0 Å². The van der Waals surface area contributed by atoms with E-state index in [1.54, 1.807) is 0 Å². The van der Waals surface area contributed by atoms with E-state index in [-0.39, 0.29) is 6.42 Å². The smallest absolute Gasteiger partial charge is 0.305 e. The Morgan fingerprint density at radius 2 is 2.00 bits per heavy atom. The Morgan fingerprint density at radius 1 is 1.70 bits per heavy atom. The van der Waals surface area contributed by atoms with Crippen molar-refractivity contribution in [3.63, 3.8) is 0 Å². The second kappa shape index (κ2) is 8.10. The summed E-state index contributed by atoms with van der Waals surface area (Å²) in [6.45, 7) is 2.88. The highest BCUT2D eigenvalue weighted by atomic mass is 16.4. The molecule has 10 heavy (non-hydrogen) atoms. The van der Waals surface area contributed by atoms with Gasteiger partial charge in [0.1, 0.15) is 6.29 Å². The van der Waals surface area contributed by atoms with Crippen LogP contribution < -0.4 is 0 Å². The summed E-state index contributed by atoms with van der Waals surface area (Å²) in [5.41, 5.74) is 0. The van der Waals surface area contributed by atoms with Crippen molar-refractivity contribution in [2.75, 3.05) is 0 Å². The van der Waals surface area contributed by atoms with Gasteiger partial charge in [-0.25, -0.2) is 0 Å². The highest BCUT2D eigenvalue weighted by Gasteiger charge is 2.00. The molecule has 0 bridgehead atoms. The Bertz CT molecular complexity index is 97.9. The van der Waals surface area contributed by atoms with Crippen LogP contribution in [0.4, 0.5) is 0 Å². The predicted molar refractivity (Wildman–Crippen MR) is 35.7 cm³/mol. The largest absolute Gasteiger partial charge is 0.481 e. The zero-order valence-electron chi connectivity index (χ0n) is 6.07. The number of rotatable bonds is 2. The van der Waals surface area contributed by atoms with Crippen LogP contribution in [0, 0.1) is 0 Å². The molecule has 2 N–H and O–H groups in total. The van der Waals surface area contributed by atoms with Crippen molar-refractivity contribution in [2.24, 2.45) is 0 Å². The first-order valence-corrected chi connectivity index (χ1v) is 2.84. The van der Waals surface area contributed by atoms with Gasteiger partial charge in [-0.1, -0.05) is 0 Å². The lowest BCUT2D eigenvalue weighted by molar-refractivity contribution is -0.138. The predicted octanol–water partition coefficient (Wildman–Crippen LogP) is 0.0471. The summed E-state index contributed by atoms with van der Waals surface area (Å²) < 4.78 is 0. The Labute approximate surface area is 59.5 Å². The number of carboxylic acid groups (broad SMARTS) is 1. The van der Waals surface area contributed by atoms with Gasteiger partial charge < -0.3 is 15.0 Å². The molecule has 0 aliphatic heterocycles. The van der Waals surface area contributed by atoms with Crippen LogP contribution in [0.15, 0.2) is 0 Å². The van der Waals surface area contributed by atoms with Crippen LogP contribution in [0.2, 0.25) is 0 Å². The summed E-state index contributed by atoms with van der Waals surface area (Å²) in [7, 11) is 0. The standard InChI is InChI=1S/C4H8O3.C2H4O/c1-3(5)2-4(6)7;1-2-3/h3,5H,2H2,1H3,(H,6,7);2H,1H3. The van der Waals surface area contributed by atoms with Gasteiger partial charge in [-0.15, -0.1) is 0 Å². The molecule has 60 valence electrons. The molecule has 1 unspecified atom stereocenters. The van der Waals surface area contributed by atoms with Crippen molar-refractivity contribution in [3.8, 4) is 0 Å². The number of aldehydes is 1. The van der Waals surface area contributed by atoms with Gasteiger partial charge in [0.25, 0.3) is 0 Å². The minimum absolute atomic E-state index is 0.167. The Hall–Kier alpha value is -0.900. The average Bonchev–Trinajstić information content (AvgIpc) is 1.62. The number of aliphatic hydroxyl groups excluding tert-OH is 1. The number of aliphatic hydroxyl groups is 1. The van der Waals surface area contributed by atoms with E-state index in [2.05, 4.69) is 0 Å². The van der Waals surface area contributed by atoms with E-state index in [4.69, 9.17) is 15.0 Å². The lowest BCUT2D eigenvalue weighted by atomic mass is 10.3. The SMILES string of the molecule is CC(O)CC(=O)O.CC=O. The fourth-order valence-electron chi connectivity index (χ4n) is 0.253. The lowest BCUT2D eigenvalue weighted by Gasteiger charge is -1.94. The number of carbonyl (C=O) groups excluding carboxylic acids is 1. The third-order valence-electron chi connectivity index (χ3n) is 0.470. The summed E-state index contributed by atoms with van der Waals surface area (Å²) in [6.07, 6.45) is -0.141. The first kappa shape index (κ1) is 11.8. The summed E-state index contributed by atoms with van der Waals surface area (Å²) >= 11 is 0. The van der Waals surface area contributed by atoms with Crippen LogP contribution in [-0.4, -0.2) is 28.6 Å². The second-order valence-corrected chi connectivity index (χ2v) is 1.68. The molecule has 0 rings (SSSR count). The summed E-state index contributed by atoms with van der Waals surface area (Å²) in [5, 5.41) is 16.3. The molecule has 0 aliphatic rings. The third-order valence-corrected chi connectivity index (χ3v) is 0.470. The fraction of sp³-hybridized carbons (Fsp3) is 0.667. The monoisotopic (exact) mass is 148 g/mol. The molecule has 0 fully saturated rings. The van der Waals surface area contributed by atoms with E-state index in [1.807, 2.05) is 0 Å². The molecule has 0 aromatic heterocycles. The maximum Gasteiger partial charge on any atom is 0.305 e. The molecule has 0 spiro atoms. The molecule has 4 nitrogen and oxygen atoms in total. The maximum absolute atomic E-state index is 9.65. The van der Waals surface area contributed by atoms with Crippen LogP contribution in [0.25, 0.3) is 0 Å². The molecule has 4 heteroatoms. The Morgan fingerprint density at radius 3 is 2.00 bits per heavy atom. The quantitative estimate of drug-likeness (QED) is 0.542. The van der Waals surface area contributed by atoms with E-state index in [0.717, 1.165) is 6.29 Å². The van der Waals surface area contributed by atoms with Crippen molar-refractivity contribution in [1.29, 1.82) is 0 Å². The Balaban J connectivity index is 0. The third kappa shape index (κ3) is 27.5. The first-order valence-electron chi connectivity index (χ1n) is 2.84. The van der Waals surface area contributed by atoms with E-state index in [1.165, 1.54) is 13.8 Å². The molecule has 0 radical (unpaired) electrons. The molecule has 0 amide bonds. The molecule has 0 saturated heterocycles. The summed E-state index contributed by atoms with van der Waals surface area (Å²) in [4.78, 5) is 18.5. The first-order chi connectivity index (χ1) is 4.54. The number of aliphatic carboxylic acids is 1. The molecule has 0 aromatic rings. The maximum atomic E-state index is 9.65. The molecule has 0 aliphatic carbocycles. The fourth-order valence-corrected chi connectivity index (χ4v) is 0.253. The van der Waals surface area contributed by atoms with Gasteiger partial charge in [0.15, 0.2) is 0 Å². The van der Waals surface area contributed by atoms with Crippen molar-refractivity contribution in [3.05, 3.63) is 0 Å². The molecular formula is C6H12O4. The van der Waals surface area contributed by atoms with Gasteiger partial charge in [-0.3, -0.25) is 4.79 Å². The highest BCUT2D eigenvalue weighted by Crippen LogP contribution is 1.85. The van der Waals surface area contributed by atoms with Gasteiger partial charge in [0.05, 0.1) is 12.5 Å². The topological polar surface area (TPSA) is 74.6 Å². The van der Waals surface area contributed by atoms with Gasteiger partial charge in [0, 0.05) is 0 Å². The van der Waals surface area contributed by atoms with E-state index in [9.17, 15) is 4.79 Å². The molecular weight excluding hydrogens is 136 g/mol. The Kier molecular flexibility index (Phi) is 9.59. The zero-order valence-corrected chi connectivity index (χ0v) is 6.07. The lowest BCUT2D eigenvalue weighted by Crippen LogP contribution is -2.07. The van der Waals surface area contributed by atoms with Gasteiger partial charge in [-0.05, 0) is 13.8 Å². The van der Waals surface area contributed by atoms with Gasteiger partial charge >= 0.3 is 5.97 Å². The van der Waals surface area contributed by atoms with Crippen LogP contribution >= 0.6 is 0 Å². The normalized spacial score (nSPS) is 10.7. The summed E-state index contributed by atoms with van der Waals surface area (Å²) in [6, 6.07) is 0.